The number of nitrogens with one attached hydrogen (secondary N) is 2. The van der Waals surface area contributed by atoms with Crippen LogP contribution < -0.4 is 10.0 Å². The van der Waals surface area contributed by atoms with Crippen LogP contribution in [0.2, 0.25) is 0 Å². The highest BCUT2D eigenvalue weighted by atomic mass is 32.2. The number of rotatable bonds is 8. The molecule has 0 heterocycles. The Kier molecular flexibility index (Phi) is 5.55. The molecule has 2 N–H and O–H groups in total. The molecule has 0 spiro atoms. The summed E-state index contributed by atoms with van der Waals surface area (Å²) in [4.78, 5) is 12.1. The van der Waals surface area contributed by atoms with Gasteiger partial charge in [-0.1, -0.05) is 12.1 Å². The Morgan fingerprint density at radius 1 is 1.41 bits per heavy atom. The van der Waals surface area contributed by atoms with Gasteiger partial charge in [0.05, 0.1) is 11.5 Å². The zero-order valence-electron chi connectivity index (χ0n) is 12.8. The van der Waals surface area contributed by atoms with Crippen molar-refractivity contribution >= 4 is 15.9 Å². The van der Waals surface area contributed by atoms with Crippen LogP contribution in [0.1, 0.15) is 25.3 Å². The summed E-state index contributed by atoms with van der Waals surface area (Å²) in [6.07, 6.45) is 1.87. The maximum Gasteiger partial charge on any atom is 0.249 e. The molecule has 1 aliphatic carbocycles. The van der Waals surface area contributed by atoms with Gasteiger partial charge in [-0.15, -0.1) is 0 Å². The Balaban J connectivity index is 1.87. The van der Waals surface area contributed by atoms with Gasteiger partial charge in [-0.2, -0.15) is 0 Å². The Hall–Kier alpha value is -1.44. The summed E-state index contributed by atoms with van der Waals surface area (Å²) in [6.45, 7) is 2.62. The Labute approximate surface area is 131 Å². The molecule has 22 heavy (non-hydrogen) atoms. The first-order valence-electron chi connectivity index (χ1n) is 7.34. The lowest BCUT2D eigenvalue weighted by atomic mass is 10.2. The first-order valence-corrected chi connectivity index (χ1v) is 8.82. The van der Waals surface area contributed by atoms with Crippen LogP contribution in [0.15, 0.2) is 29.2 Å². The van der Waals surface area contributed by atoms with E-state index in [4.69, 9.17) is 4.74 Å². The van der Waals surface area contributed by atoms with Crippen molar-refractivity contribution in [2.45, 2.75) is 37.3 Å². The van der Waals surface area contributed by atoms with E-state index in [1.165, 1.54) is 26.0 Å². The van der Waals surface area contributed by atoms with E-state index in [0.29, 0.717) is 12.5 Å². The van der Waals surface area contributed by atoms with Gasteiger partial charge in [-0.05, 0) is 50.4 Å². The molecule has 7 heteroatoms. The van der Waals surface area contributed by atoms with Crippen molar-refractivity contribution in [1.82, 2.24) is 10.0 Å². The molecule has 6 nitrogen and oxygen atoms in total. The number of ether oxygens (including phenoxy) is 1. The normalized spacial score (nSPS) is 16.3. The molecule has 122 valence electrons. The Morgan fingerprint density at radius 2 is 2.14 bits per heavy atom. The minimum atomic E-state index is -3.47. The number of hydrogen-bond acceptors (Lipinski definition) is 4. The Bertz CT molecular complexity index is 626. The molecule has 1 unspecified atom stereocenters. The van der Waals surface area contributed by atoms with Crippen LogP contribution in [0.25, 0.3) is 0 Å². The second-order valence-electron chi connectivity index (χ2n) is 5.49. The average Bonchev–Trinajstić information content (AvgIpc) is 3.34. The predicted molar refractivity (Wildman–Crippen MR) is 82.7 cm³/mol. The van der Waals surface area contributed by atoms with E-state index in [1.54, 1.807) is 25.1 Å². The quantitative estimate of drug-likeness (QED) is 0.747. The summed E-state index contributed by atoms with van der Waals surface area (Å²) in [7, 11) is -2.11. The zero-order valence-corrected chi connectivity index (χ0v) is 13.7. The summed E-state index contributed by atoms with van der Waals surface area (Å²) < 4.78 is 31.2. The average molecular weight is 326 g/mol. The monoisotopic (exact) mass is 326 g/mol. The lowest BCUT2D eigenvalue weighted by Gasteiger charge is -2.13. The van der Waals surface area contributed by atoms with E-state index >= 15 is 0 Å². The fourth-order valence-corrected chi connectivity index (χ4v) is 2.71. The topological polar surface area (TPSA) is 84.5 Å². The molecule has 1 fully saturated rings. The molecule has 1 aliphatic rings. The van der Waals surface area contributed by atoms with E-state index in [2.05, 4.69) is 10.0 Å². The van der Waals surface area contributed by atoms with Gasteiger partial charge >= 0.3 is 0 Å². The van der Waals surface area contributed by atoms with Gasteiger partial charge in [0.15, 0.2) is 0 Å². The summed E-state index contributed by atoms with van der Waals surface area (Å²) >= 11 is 0. The fourth-order valence-electron chi connectivity index (χ4n) is 1.91. The number of sulfonamides is 1. The molecule has 0 radical (unpaired) electrons. The van der Waals surface area contributed by atoms with Gasteiger partial charge in [0.1, 0.15) is 6.10 Å². The number of carbonyl (C=O) groups excluding carboxylic acids is 1. The van der Waals surface area contributed by atoms with Crippen molar-refractivity contribution in [3.05, 3.63) is 29.8 Å². The van der Waals surface area contributed by atoms with Crippen molar-refractivity contribution in [3.8, 4) is 0 Å². The molecule has 0 saturated heterocycles. The van der Waals surface area contributed by atoms with E-state index < -0.39 is 16.1 Å². The first-order chi connectivity index (χ1) is 10.4. The zero-order chi connectivity index (χ0) is 16.2. The molecule has 0 aromatic heterocycles. The first kappa shape index (κ1) is 16.9. The van der Waals surface area contributed by atoms with Crippen molar-refractivity contribution in [2.24, 2.45) is 5.92 Å². The highest BCUT2D eigenvalue weighted by molar-refractivity contribution is 7.89. The van der Waals surface area contributed by atoms with Crippen molar-refractivity contribution in [3.63, 3.8) is 0 Å². The van der Waals surface area contributed by atoms with E-state index in [9.17, 15) is 13.2 Å². The fraction of sp³-hybridized carbons (Fsp3) is 0.533. The van der Waals surface area contributed by atoms with Crippen molar-refractivity contribution in [1.29, 1.82) is 0 Å². The molecule has 1 saturated carbocycles. The van der Waals surface area contributed by atoms with Gasteiger partial charge in [-0.25, -0.2) is 13.1 Å². The third-order valence-corrected chi connectivity index (χ3v) is 5.00. The van der Waals surface area contributed by atoms with Crippen molar-refractivity contribution in [2.75, 3.05) is 13.7 Å². The molecule has 1 atom stereocenters. The third-order valence-electron chi connectivity index (χ3n) is 3.59. The van der Waals surface area contributed by atoms with Crippen LogP contribution in [-0.2, 0) is 26.1 Å². The van der Waals surface area contributed by atoms with Crippen LogP contribution in [0, 0.1) is 5.92 Å². The van der Waals surface area contributed by atoms with E-state index in [1.807, 2.05) is 0 Å². The van der Waals surface area contributed by atoms with E-state index in [0.717, 1.165) is 5.56 Å². The van der Waals surface area contributed by atoms with E-state index in [-0.39, 0.29) is 17.3 Å². The van der Waals surface area contributed by atoms with Crippen molar-refractivity contribution < 1.29 is 17.9 Å². The number of benzene rings is 1. The minimum Gasteiger partial charge on any atom is -0.368 e. The molecule has 1 aromatic rings. The molecular formula is C15H22N2O4S. The number of amides is 1. The van der Waals surface area contributed by atoms with Gasteiger partial charge in [0, 0.05) is 6.54 Å². The van der Waals surface area contributed by atoms with Crippen LogP contribution in [0.3, 0.4) is 0 Å². The van der Waals surface area contributed by atoms with Gasteiger partial charge in [0.2, 0.25) is 15.9 Å². The smallest absolute Gasteiger partial charge is 0.249 e. The molecule has 2 rings (SSSR count). The highest BCUT2D eigenvalue weighted by Gasteiger charge is 2.24. The van der Waals surface area contributed by atoms with Gasteiger partial charge in [0.25, 0.3) is 0 Å². The van der Waals surface area contributed by atoms with Gasteiger partial charge < -0.3 is 10.1 Å². The minimum absolute atomic E-state index is 0.180. The maximum atomic E-state index is 11.9. The molecular weight excluding hydrogens is 304 g/mol. The number of carbonyl (C=O) groups is 1. The van der Waals surface area contributed by atoms with Crippen LogP contribution in [0.5, 0.6) is 0 Å². The summed E-state index contributed by atoms with van der Waals surface area (Å²) in [5, 5.41) is 2.76. The summed E-state index contributed by atoms with van der Waals surface area (Å²) in [5.41, 5.74) is 0.721. The molecule has 0 bridgehead atoms. The summed E-state index contributed by atoms with van der Waals surface area (Å²) in [5.74, 6) is 0.418. The molecule has 1 amide bonds. The van der Waals surface area contributed by atoms with Crippen LogP contribution in [0.4, 0.5) is 0 Å². The van der Waals surface area contributed by atoms with Crippen LogP contribution in [-0.4, -0.2) is 34.1 Å². The largest absolute Gasteiger partial charge is 0.368 e. The van der Waals surface area contributed by atoms with Crippen LogP contribution >= 0.6 is 0 Å². The predicted octanol–water partition coefficient (Wildman–Crippen LogP) is 1.03. The lowest BCUT2D eigenvalue weighted by Crippen LogP contribution is -2.34. The highest BCUT2D eigenvalue weighted by Crippen LogP contribution is 2.29. The maximum absolute atomic E-state index is 11.9. The molecule has 0 aliphatic heterocycles. The second-order valence-corrected chi connectivity index (χ2v) is 7.38. The SMILES string of the molecule is CNS(=O)(=O)c1cccc(CNC(=O)C(C)OCC2CC2)c1. The third kappa shape index (κ3) is 4.79. The Morgan fingerprint density at radius 3 is 2.77 bits per heavy atom. The summed E-state index contributed by atoms with van der Waals surface area (Å²) in [6, 6.07) is 6.48. The standard InChI is InChI=1S/C15H22N2O4S/c1-11(21-10-12-6-7-12)15(18)17-9-13-4-3-5-14(8-13)22(19,20)16-2/h3-5,8,11-12,16H,6-7,9-10H2,1-2H3,(H,17,18). The van der Waals surface area contributed by atoms with Gasteiger partial charge in [-0.3, -0.25) is 4.79 Å². The lowest BCUT2D eigenvalue weighted by molar-refractivity contribution is -0.132. The molecule has 1 aromatic carbocycles. The number of hydrogen-bond donors (Lipinski definition) is 2. The second kappa shape index (κ2) is 7.21.